The van der Waals surface area contributed by atoms with Gasteiger partial charge in [-0.05, 0) is 28.1 Å². The van der Waals surface area contributed by atoms with Crippen molar-refractivity contribution in [1.29, 1.82) is 0 Å². The molecule has 4 nitrogen and oxygen atoms in total. The fourth-order valence-electron chi connectivity index (χ4n) is 1.31. The number of hydrogen-bond donors (Lipinski definition) is 1. The average molecular weight is 273 g/mol. The molecule has 2 aromatic rings. The van der Waals surface area contributed by atoms with Gasteiger partial charge in [-0.25, -0.2) is 9.18 Å². The minimum absolute atomic E-state index is 0.0924. The van der Waals surface area contributed by atoms with E-state index in [0.717, 1.165) is 4.57 Å². The van der Waals surface area contributed by atoms with Crippen LogP contribution in [0.4, 0.5) is 4.39 Å². The SMILES string of the molecule is Cn1c(=O)[nH]c2c(Br)c(F)ccc2c1=O. The minimum Gasteiger partial charge on any atom is -0.305 e. The monoisotopic (exact) mass is 272 g/mol. The summed E-state index contributed by atoms with van der Waals surface area (Å²) >= 11 is 2.98. The van der Waals surface area contributed by atoms with Crippen molar-refractivity contribution in [2.75, 3.05) is 0 Å². The first-order chi connectivity index (χ1) is 7.02. The molecule has 1 heterocycles. The Morgan fingerprint density at radius 2 is 2.07 bits per heavy atom. The predicted octanol–water partition coefficient (Wildman–Crippen LogP) is 1.13. The van der Waals surface area contributed by atoms with Crippen molar-refractivity contribution in [2.24, 2.45) is 7.05 Å². The maximum Gasteiger partial charge on any atom is 0.328 e. The molecule has 0 aliphatic heterocycles. The molecule has 0 amide bonds. The van der Waals surface area contributed by atoms with Crippen molar-refractivity contribution in [3.8, 4) is 0 Å². The number of hydrogen-bond acceptors (Lipinski definition) is 2. The summed E-state index contributed by atoms with van der Waals surface area (Å²) in [7, 11) is 1.36. The molecule has 1 aromatic carbocycles. The Hall–Kier alpha value is -1.43. The third kappa shape index (κ3) is 1.41. The topological polar surface area (TPSA) is 54.9 Å². The third-order valence-electron chi connectivity index (χ3n) is 2.17. The van der Waals surface area contributed by atoms with Crippen molar-refractivity contribution in [2.45, 2.75) is 0 Å². The highest BCUT2D eigenvalue weighted by Gasteiger charge is 2.10. The van der Waals surface area contributed by atoms with Crippen LogP contribution in [0.5, 0.6) is 0 Å². The lowest BCUT2D eigenvalue weighted by atomic mass is 10.2. The van der Waals surface area contributed by atoms with Crippen LogP contribution in [0.15, 0.2) is 26.2 Å². The molecule has 0 fully saturated rings. The van der Waals surface area contributed by atoms with Gasteiger partial charge in [0.15, 0.2) is 0 Å². The lowest BCUT2D eigenvalue weighted by Gasteiger charge is -2.02. The first kappa shape index (κ1) is 10.1. The summed E-state index contributed by atoms with van der Waals surface area (Å²) in [6.07, 6.45) is 0. The summed E-state index contributed by atoms with van der Waals surface area (Å²) in [5, 5.41) is 0.269. The van der Waals surface area contributed by atoms with Crippen LogP contribution in [0.3, 0.4) is 0 Å². The first-order valence-corrected chi connectivity index (χ1v) is 4.88. The average Bonchev–Trinajstić information content (AvgIpc) is 2.21. The zero-order valence-electron chi connectivity index (χ0n) is 7.67. The van der Waals surface area contributed by atoms with Gasteiger partial charge in [-0.1, -0.05) is 0 Å². The molecule has 78 valence electrons. The normalized spacial score (nSPS) is 10.9. The van der Waals surface area contributed by atoms with E-state index >= 15 is 0 Å². The molecule has 0 saturated heterocycles. The van der Waals surface area contributed by atoms with Crippen molar-refractivity contribution >= 4 is 26.8 Å². The van der Waals surface area contributed by atoms with E-state index in [0.29, 0.717) is 0 Å². The summed E-state index contributed by atoms with van der Waals surface area (Å²) in [4.78, 5) is 25.3. The van der Waals surface area contributed by atoms with Gasteiger partial charge in [0.25, 0.3) is 5.56 Å². The van der Waals surface area contributed by atoms with Gasteiger partial charge in [0.05, 0.1) is 15.4 Å². The van der Waals surface area contributed by atoms with E-state index in [9.17, 15) is 14.0 Å². The van der Waals surface area contributed by atoms with Crippen molar-refractivity contribution in [3.63, 3.8) is 0 Å². The molecule has 6 heteroatoms. The maximum atomic E-state index is 13.1. The van der Waals surface area contributed by atoms with Gasteiger partial charge in [-0.2, -0.15) is 0 Å². The van der Waals surface area contributed by atoms with E-state index in [2.05, 4.69) is 20.9 Å². The molecule has 0 spiro atoms. The van der Waals surface area contributed by atoms with Crippen LogP contribution in [-0.4, -0.2) is 9.55 Å². The Labute approximate surface area is 91.5 Å². The van der Waals surface area contributed by atoms with Gasteiger partial charge in [0.2, 0.25) is 0 Å². The second-order valence-corrected chi connectivity index (χ2v) is 3.87. The van der Waals surface area contributed by atoms with Crippen LogP contribution in [0, 0.1) is 5.82 Å². The van der Waals surface area contributed by atoms with Crippen molar-refractivity contribution in [3.05, 3.63) is 43.3 Å². The summed E-state index contributed by atoms with van der Waals surface area (Å²) in [6.45, 7) is 0. The highest BCUT2D eigenvalue weighted by molar-refractivity contribution is 9.10. The highest BCUT2D eigenvalue weighted by Crippen LogP contribution is 2.21. The van der Waals surface area contributed by atoms with Crippen molar-refractivity contribution < 1.29 is 4.39 Å². The molecule has 0 bridgehead atoms. The van der Waals surface area contributed by atoms with Gasteiger partial charge in [0.1, 0.15) is 5.82 Å². The van der Waals surface area contributed by atoms with Crippen LogP contribution in [0.25, 0.3) is 10.9 Å². The van der Waals surface area contributed by atoms with E-state index in [4.69, 9.17) is 0 Å². The Morgan fingerprint density at radius 3 is 2.73 bits per heavy atom. The van der Waals surface area contributed by atoms with E-state index in [1.807, 2.05) is 0 Å². The summed E-state index contributed by atoms with van der Waals surface area (Å²) < 4.78 is 14.2. The zero-order chi connectivity index (χ0) is 11.2. The highest BCUT2D eigenvalue weighted by atomic mass is 79.9. The maximum absolute atomic E-state index is 13.1. The number of fused-ring (bicyclic) bond motifs is 1. The molecule has 0 unspecified atom stereocenters. The van der Waals surface area contributed by atoms with Gasteiger partial charge < -0.3 is 4.98 Å². The largest absolute Gasteiger partial charge is 0.328 e. The van der Waals surface area contributed by atoms with Gasteiger partial charge >= 0.3 is 5.69 Å². The molecule has 0 saturated carbocycles. The summed E-state index contributed by atoms with van der Waals surface area (Å²) in [6, 6.07) is 2.51. The zero-order valence-corrected chi connectivity index (χ0v) is 9.26. The van der Waals surface area contributed by atoms with E-state index < -0.39 is 17.1 Å². The number of aromatic nitrogens is 2. The molecule has 0 aliphatic rings. The number of H-pyrrole nitrogens is 1. The number of benzene rings is 1. The number of aromatic amines is 1. The van der Waals surface area contributed by atoms with E-state index in [1.165, 1.54) is 19.2 Å². The lowest BCUT2D eigenvalue weighted by molar-refractivity contribution is 0.622. The Balaban J connectivity index is 3.13. The molecule has 1 N–H and O–H groups in total. The molecule has 0 atom stereocenters. The van der Waals surface area contributed by atoms with Gasteiger partial charge in [0, 0.05) is 7.05 Å². The van der Waals surface area contributed by atoms with Crippen LogP contribution in [0.1, 0.15) is 0 Å². The van der Waals surface area contributed by atoms with Gasteiger partial charge in [-0.15, -0.1) is 0 Å². The molecule has 1 aromatic heterocycles. The minimum atomic E-state index is -0.571. The quantitative estimate of drug-likeness (QED) is 0.782. The standard InChI is InChI=1S/C9H6BrFN2O2/c1-13-8(14)4-2-3-5(11)6(10)7(4)12-9(13)15/h2-3H,1H3,(H,12,15). The summed E-state index contributed by atoms with van der Waals surface area (Å²) in [5.41, 5.74) is -0.837. The molecular weight excluding hydrogens is 267 g/mol. The van der Waals surface area contributed by atoms with Crippen LogP contribution < -0.4 is 11.2 Å². The fourth-order valence-corrected chi connectivity index (χ4v) is 1.76. The molecule has 2 rings (SSSR count). The van der Waals surface area contributed by atoms with Crippen LogP contribution >= 0.6 is 15.9 Å². The Kier molecular flexibility index (Phi) is 2.22. The van der Waals surface area contributed by atoms with Crippen LogP contribution in [-0.2, 0) is 7.05 Å². The number of halogens is 2. The third-order valence-corrected chi connectivity index (χ3v) is 2.94. The smallest absolute Gasteiger partial charge is 0.305 e. The van der Waals surface area contributed by atoms with Crippen molar-refractivity contribution in [1.82, 2.24) is 9.55 Å². The molecule has 0 radical (unpaired) electrons. The molecule has 0 aliphatic carbocycles. The van der Waals surface area contributed by atoms with Gasteiger partial charge in [-0.3, -0.25) is 9.36 Å². The summed E-state index contributed by atoms with van der Waals surface area (Å²) in [5.74, 6) is -0.522. The molecule has 15 heavy (non-hydrogen) atoms. The Bertz CT molecular complexity index is 659. The first-order valence-electron chi connectivity index (χ1n) is 4.09. The van der Waals surface area contributed by atoms with E-state index in [-0.39, 0.29) is 15.4 Å². The number of nitrogens with one attached hydrogen (secondary N) is 1. The fraction of sp³-hybridized carbons (Fsp3) is 0.111. The number of rotatable bonds is 0. The lowest BCUT2D eigenvalue weighted by Crippen LogP contribution is -2.32. The predicted molar refractivity (Wildman–Crippen MR) is 57.5 cm³/mol. The second kappa shape index (κ2) is 3.30. The second-order valence-electron chi connectivity index (χ2n) is 3.08. The van der Waals surface area contributed by atoms with Crippen LogP contribution in [0.2, 0.25) is 0 Å². The van der Waals surface area contributed by atoms with E-state index in [1.54, 1.807) is 0 Å². The molecular formula is C9H6BrFN2O2. The number of nitrogens with zero attached hydrogens (tertiary/aromatic N) is 1. The Morgan fingerprint density at radius 1 is 1.40 bits per heavy atom.